The van der Waals surface area contributed by atoms with Gasteiger partial charge in [-0.15, -0.1) is 18.3 Å². The number of aliphatic hydroxyl groups excluding tert-OH is 1. The summed E-state index contributed by atoms with van der Waals surface area (Å²) < 4.78 is -1.39. The molecular formula is C29H38N2O5S. The van der Waals surface area contributed by atoms with Gasteiger partial charge in [0, 0.05) is 17.3 Å². The minimum absolute atomic E-state index is 0.0859. The highest BCUT2D eigenvalue weighted by Gasteiger charge is 2.78. The van der Waals surface area contributed by atoms with Gasteiger partial charge in [0.1, 0.15) is 6.04 Å². The lowest BCUT2D eigenvalue weighted by molar-refractivity contribution is -0.151. The van der Waals surface area contributed by atoms with Crippen LogP contribution in [0, 0.1) is 11.8 Å². The van der Waals surface area contributed by atoms with Gasteiger partial charge in [-0.1, -0.05) is 55.7 Å². The Hall–Kier alpha value is -2.32. The molecule has 2 N–H and O–H groups in total. The van der Waals surface area contributed by atoms with E-state index in [0.29, 0.717) is 25.8 Å². The van der Waals surface area contributed by atoms with Crippen molar-refractivity contribution in [2.24, 2.45) is 11.8 Å². The maximum Gasteiger partial charge on any atom is 0.308 e. The Morgan fingerprint density at radius 2 is 1.92 bits per heavy atom. The van der Waals surface area contributed by atoms with E-state index in [2.05, 4.69) is 6.58 Å². The van der Waals surface area contributed by atoms with Crippen molar-refractivity contribution in [2.45, 2.75) is 85.9 Å². The molecule has 1 spiro atoms. The van der Waals surface area contributed by atoms with Gasteiger partial charge in [-0.25, -0.2) is 0 Å². The molecule has 37 heavy (non-hydrogen) atoms. The number of likely N-dealkylation sites (tertiary alicyclic amines) is 1. The summed E-state index contributed by atoms with van der Waals surface area (Å²) in [6.07, 6.45) is 8.56. The van der Waals surface area contributed by atoms with Gasteiger partial charge in [0.2, 0.25) is 11.8 Å². The molecule has 1 aromatic rings. The molecular weight excluding hydrogens is 488 g/mol. The first-order chi connectivity index (χ1) is 17.8. The monoisotopic (exact) mass is 526 g/mol. The molecule has 1 aromatic carbocycles. The van der Waals surface area contributed by atoms with Crippen LogP contribution in [0.15, 0.2) is 43.0 Å². The zero-order valence-corrected chi connectivity index (χ0v) is 22.4. The number of fused-ring (bicyclic) bond motifs is 1. The zero-order valence-electron chi connectivity index (χ0n) is 21.6. The Labute approximate surface area is 223 Å². The van der Waals surface area contributed by atoms with Crippen LogP contribution in [0.25, 0.3) is 0 Å². The van der Waals surface area contributed by atoms with Gasteiger partial charge in [0.25, 0.3) is 0 Å². The molecule has 6 atom stereocenters. The van der Waals surface area contributed by atoms with Crippen LogP contribution in [0.5, 0.6) is 0 Å². The fraction of sp³-hybridized carbons (Fsp3) is 0.621. The summed E-state index contributed by atoms with van der Waals surface area (Å²) in [6.45, 7) is 5.95. The number of aliphatic hydroxyl groups is 1. The number of carbonyl (C=O) groups is 3. The SMILES string of the molecule is C=CCN(C(=O)C1N([C@@H](CO)Cc2ccccc2)C(=O)[C@@H]2[C@H](C(=O)O)[C@]3(C)CCC12S3)C1CCCCC1. The van der Waals surface area contributed by atoms with Gasteiger partial charge in [0.15, 0.2) is 0 Å². The third-order valence-electron chi connectivity index (χ3n) is 9.26. The number of carboxylic acids is 1. The van der Waals surface area contributed by atoms with Crippen molar-refractivity contribution in [3.63, 3.8) is 0 Å². The van der Waals surface area contributed by atoms with Crippen LogP contribution in [0.3, 0.4) is 0 Å². The lowest BCUT2D eigenvalue weighted by Gasteiger charge is -2.42. The molecule has 4 fully saturated rings. The second-order valence-corrected chi connectivity index (χ2v) is 13.3. The van der Waals surface area contributed by atoms with E-state index in [0.717, 1.165) is 37.7 Å². The summed E-state index contributed by atoms with van der Waals surface area (Å²) in [4.78, 5) is 44.9. The van der Waals surface area contributed by atoms with Crippen molar-refractivity contribution in [1.29, 1.82) is 0 Å². The number of carboxylic acid groups (broad SMARTS) is 1. The number of amides is 2. The summed E-state index contributed by atoms with van der Waals surface area (Å²) in [6, 6.07) is 8.32. The van der Waals surface area contributed by atoms with E-state index in [1.807, 2.05) is 42.2 Å². The lowest BCUT2D eigenvalue weighted by atomic mass is 9.66. The molecule has 0 aromatic heterocycles. The second kappa shape index (κ2) is 10.1. The van der Waals surface area contributed by atoms with E-state index in [9.17, 15) is 24.6 Å². The number of rotatable bonds is 9. The van der Waals surface area contributed by atoms with Crippen molar-refractivity contribution in [3.05, 3.63) is 48.6 Å². The molecule has 1 aliphatic carbocycles. The average molecular weight is 527 g/mol. The van der Waals surface area contributed by atoms with Gasteiger partial charge in [-0.05, 0) is 44.6 Å². The van der Waals surface area contributed by atoms with Crippen LogP contribution in [0.4, 0.5) is 0 Å². The first-order valence-corrected chi connectivity index (χ1v) is 14.4. The highest BCUT2D eigenvalue weighted by atomic mass is 32.2. The predicted molar refractivity (Wildman–Crippen MR) is 143 cm³/mol. The Balaban J connectivity index is 1.59. The molecule has 3 heterocycles. The fourth-order valence-electron chi connectivity index (χ4n) is 7.66. The number of hydrogen-bond donors (Lipinski definition) is 2. The standard InChI is InChI=1S/C29H38N2O5S/c1-3-16-30(20-12-8-5-9-13-20)26(34)24-29-15-14-28(2,37-29)23(27(35)36)22(29)25(33)31(24)21(18-32)17-19-10-6-4-7-11-19/h3-4,6-7,10-11,20-24,32H,1,5,8-9,12-18H2,2H3,(H,35,36)/t21-,22+,23-,24?,28+,29?/m1/s1. The summed E-state index contributed by atoms with van der Waals surface area (Å²) >= 11 is 1.55. The van der Waals surface area contributed by atoms with E-state index >= 15 is 0 Å². The van der Waals surface area contributed by atoms with E-state index in [-0.39, 0.29) is 24.5 Å². The molecule has 8 heteroatoms. The highest BCUT2D eigenvalue weighted by molar-refractivity contribution is 8.02. The molecule has 2 amide bonds. The molecule has 1 saturated carbocycles. The van der Waals surface area contributed by atoms with Crippen LogP contribution in [0.2, 0.25) is 0 Å². The van der Waals surface area contributed by atoms with Crippen molar-refractivity contribution in [3.8, 4) is 0 Å². The topological polar surface area (TPSA) is 98.2 Å². The first kappa shape index (κ1) is 26.3. The second-order valence-electron chi connectivity index (χ2n) is 11.4. The highest BCUT2D eigenvalue weighted by Crippen LogP contribution is 2.71. The predicted octanol–water partition coefficient (Wildman–Crippen LogP) is 3.50. The Kier molecular flexibility index (Phi) is 7.18. The minimum Gasteiger partial charge on any atom is -0.481 e. The first-order valence-electron chi connectivity index (χ1n) is 13.6. The Bertz CT molecular complexity index is 1060. The normalized spacial score (nSPS) is 33.8. The quantitative estimate of drug-likeness (QED) is 0.478. The van der Waals surface area contributed by atoms with E-state index in [1.54, 1.807) is 22.7 Å². The summed E-state index contributed by atoms with van der Waals surface area (Å²) in [5.41, 5.74) is 0.962. The molecule has 3 aliphatic heterocycles. The number of benzene rings is 1. The van der Waals surface area contributed by atoms with E-state index in [1.165, 1.54) is 0 Å². The van der Waals surface area contributed by atoms with Crippen molar-refractivity contribution >= 4 is 29.5 Å². The maximum atomic E-state index is 14.6. The van der Waals surface area contributed by atoms with Crippen LogP contribution < -0.4 is 0 Å². The Morgan fingerprint density at radius 1 is 1.22 bits per heavy atom. The number of carbonyl (C=O) groups excluding carboxylic acids is 2. The maximum absolute atomic E-state index is 14.6. The van der Waals surface area contributed by atoms with Crippen molar-refractivity contribution in [1.82, 2.24) is 9.80 Å². The number of nitrogens with zero attached hydrogens (tertiary/aromatic N) is 2. The molecule has 7 nitrogen and oxygen atoms in total. The molecule has 0 radical (unpaired) electrons. The van der Waals surface area contributed by atoms with Crippen LogP contribution in [-0.2, 0) is 20.8 Å². The van der Waals surface area contributed by atoms with Gasteiger partial charge in [0.05, 0.1) is 29.2 Å². The largest absolute Gasteiger partial charge is 0.481 e. The van der Waals surface area contributed by atoms with E-state index in [4.69, 9.17) is 0 Å². The summed E-state index contributed by atoms with van der Waals surface area (Å²) in [5.74, 6) is -3.00. The fourth-order valence-corrected chi connectivity index (χ4v) is 9.99. The van der Waals surface area contributed by atoms with Crippen molar-refractivity contribution in [2.75, 3.05) is 13.2 Å². The van der Waals surface area contributed by atoms with E-state index < -0.39 is 39.4 Å². The van der Waals surface area contributed by atoms with Crippen LogP contribution in [-0.4, -0.2) is 78.6 Å². The van der Waals surface area contributed by atoms with Crippen molar-refractivity contribution < 1.29 is 24.6 Å². The minimum atomic E-state index is -0.971. The smallest absolute Gasteiger partial charge is 0.308 e. The third-order valence-corrected chi connectivity index (χ3v) is 11.2. The molecule has 3 saturated heterocycles. The number of aliphatic carboxylic acids is 1. The molecule has 4 aliphatic rings. The van der Waals surface area contributed by atoms with Gasteiger partial charge in [-0.2, -0.15) is 0 Å². The summed E-state index contributed by atoms with van der Waals surface area (Å²) in [5, 5.41) is 20.8. The third kappa shape index (κ3) is 4.20. The zero-order chi connectivity index (χ0) is 26.4. The lowest BCUT2D eigenvalue weighted by Crippen LogP contribution is -2.59. The van der Waals surface area contributed by atoms with Crippen LogP contribution >= 0.6 is 11.8 Å². The van der Waals surface area contributed by atoms with Gasteiger partial charge >= 0.3 is 5.97 Å². The molecule has 2 unspecified atom stereocenters. The molecule has 200 valence electrons. The van der Waals surface area contributed by atoms with Crippen LogP contribution in [0.1, 0.15) is 57.4 Å². The van der Waals surface area contributed by atoms with Gasteiger partial charge in [-0.3, -0.25) is 14.4 Å². The molecule has 2 bridgehead atoms. The molecule has 5 rings (SSSR count). The number of hydrogen-bond acceptors (Lipinski definition) is 5. The summed E-state index contributed by atoms with van der Waals surface area (Å²) in [7, 11) is 0. The average Bonchev–Trinajstić information content (AvgIpc) is 3.47. The number of thioether (sulfide) groups is 1. The van der Waals surface area contributed by atoms with Gasteiger partial charge < -0.3 is 20.0 Å². The Morgan fingerprint density at radius 3 is 2.54 bits per heavy atom.